The number of nitrogens with zero attached hydrogens (tertiary/aromatic N) is 1. The smallest absolute Gasteiger partial charge is 0.331 e. The van der Waals surface area contributed by atoms with Crippen molar-refractivity contribution in [3.63, 3.8) is 0 Å². The van der Waals surface area contributed by atoms with E-state index in [1.807, 2.05) is 6.07 Å². The summed E-state index contributed by atoms with van der Waals surface area (Å²) in [7, 11) is 1.54. The molecule has 0 radical (unpaired) electrons. The zero-order chi connectivity index (χ0) is 19.9. The zero-order valence-electron chi connectivity index (χ0n) is 15.5. The van der Waals surface area contributed by atoms with Crippen LogP contribution >= 0.6 is 15.9 Å². The maximum absolute atomic E-state index is 12.3. The van der Waals surface area contributed by atoms with E-state index in [0.717, 1.165) is 23.7 Å². The molecule has 1 unspecified atom stereocenters. The fourth-order valence-electron chi connectivity index (χ4n) is 3.02. The fraction of sp³-hybridized carbons (Fsp3) is 0.450. The van der Waals surface area contributed by atoms with Crippen LogP contribution in [0.15, 0.2) is 28.7 Å². The van der Waals surface area contributed by atoms with E-state index in [2.05, 4.69) is 27.3 Å². The molecule has 1 aliphatic rings. The van der Waals surface area contributed by atoms with Gasteiger partial charge < -0.3 is 14.8 Å². The van der Waals surface area contributed by atoms with E-state index >= 15 is 0 Å². The second-order valence-electron chi connectivity index (χ2n) is 6.54. The SMILES string of the molecule is COc1ccc(Br)cc1/C=C/C(=O)OC(C)C(=O)NC1(C#N)CCCCC1. The second-order valence-corrected chi connectivity index (χ2v) is 7.46. The molecule has 0 heterocycles. The van der Waals surface area contributed by atoms with Crippen LogP contribution in [0.2, 0.25) is 0 Å². The summed E-state index contributed by atoms with van der Waals surface area (Å²) in [5, 5.41) is 12.2. The van der Waals surface area contributed by atoms with Gasteiger partial charge in [0.05, 0.1) is 13.2 Å². The lowest BCUT2D eigenvalue weighted by atomic mass is 9.83. The molecule has 144 valence electrons. The molecule has 0 aromatic heterocycles. The standard InChI is InChI=1S/C20H23BrN2O4/c1-14(19(25)23-20(13-22)10-4-3-5-11-20)27-18(24)9-6-15-12-16(21)7-8-17(15)26-2/h6-9,12,14H,3-5,10-11H2,1-2H3,(H,23,25)/b9-6+. The Hall–Kier alpha value is -2.33. The molecule has 1 saturated carbocycles. The van der Waals surface area contributed by atoms with Gasteiger partial charge in [0, 0.05) is 16.1 Å². The van der Waals surface area contributed by atoms with Gasteiger partial charge in [-0.15, -0.1) is 0 Å². The molecule has 1 fully saturated rings. The molecule has 1 atom stereocenters. The Balaban J connectivity index is 1.96. The van der Waals surface area contributed by atoms with Crippen LogP contribution in [0.25, 0.3) is 6.08 Å². The maximum atomic E-state index is 12.3. The van der Waals surface area contributed by atoms with Crippen LogP contribution in [0.4, 0.5) is 0 Å². The van der Waals surface area contributed by atoms with Gasteiger partial charge in [0.1, 0.15) is 11.3 Å². The summed E-state index contributed by atoms with van der Waals surface area (Å²) in [6.45, 7) is 1.49. The number of carbonyl (C=O) groups is 2. The summed E-state index contributed by atoms with van der Waals surface area (Å²) in [5.41, 5.74) is -0.151. The van der Waals surface area contributed by atoms with Crippen molar-refractivity contribution in [2.24, 2.45) is 0 Å². The van der Waals surface area contributed by atoms with Crippen molar-refractivity contribution in [2.75, 3.05) is 7.11 Å². The van der Waals surface area contributed by atoms with Crippen LogP contribution in [0.1, 0.15) is 44.6 Å². The highest BCUT2D eigenvalue weighted by atomic mass is 79.9. The van der Waals surface area contributed by atoms with Crippen molar-refractivity contribution in [1.29, 1.82) is 5.26 Å². The summed E-state index contributed by atoms with van der Waals surface area (Å²) in [6, 6.07) is 7.63. The molecule has 0 aliphatic heterocycles. The van der Waals surface area contributed by atoms with Crippen molar-refractivity contribution in [3.8, 4) is 11.8 Å². The van der Waals surface area contributed by atoms with E-state index in [4.69, 9.17) is 9.47 Å². The number of methoxy groups -OCH3 is 1. The van der Waals surface area contributed by atoms with Crippen molar-refractivity contribution in [2.45, 2.75) is 50.7 Å². The van der Waals surface area contributed by atoms with Crippen molar-refractivity contribution in [3.05, 3.63) is 34.3 Å². The molecule has 1 aromatic rings. The summed E-state index contributed by atoms with van der Waals surface area (Å²) < 4.78 is 11.3. The minimum atomic E-state index is -0.987. The van der Waals surface area contributed by atoms with E-state index < -0.39 is 23.5 Å². The molecule has 27 heavy (non-hydrogen) atoms. The summed E-state index contributed by atoms with van der Waals surface area (Å²) in [6.07, 6.45) is 5.94. The van der Waals surface area contributed by atoms with Crippen molar-refractivity contribution in [1.82, 2.24) is 5.32 Å². The van der Waals surface area contributed by atoms with Crippen LogP contribution < -0.4 is 10.1 Å². The lowest BCUT2D eigenvalue weighted by molar-refractivity contribution is -0.150. The summed E-state index contributed by atoms with van der Waals surface area (Å²) >= 11 is 3.37. The van der Waals surface area contributed by atoms with Crippen LogP contribution in [0.5, 0.6) is 5.75 Å². The molecule has 0 spiro atoms. The number of hydrogen-bond donors (Lipinski definition) is 1. The first-order valence-electron chi connectivity index (χ1n) is 8.84. The summed E-state index contributed by atoms with van der Waals surface area (Å²) in [4.78, 5) is 24.4. The first-order valence-corrected chi connectivity index (χ1v) is 9.64. The summed E-state index contributed by atoms with van der Waals surface area (Å²) in [5.74, 6) is -0.490. The lowest BCUT2D eigenvalue weighted by Gasteiger charge is -2.32. The number of esters is 1. The molecular weight excluding hydrogens is 412 g/mol. The van der Waals surface area contributed by atoms with Gasteiger partial charge >= 0.3 is 5.97 Å². The molecule has 6 nitrogen and oxygen atoms in total. The predicted molar refractivity (Wildman–Crippen MR) is 105 cm³/mol. The monoisotopic (exact) mass is 434 g/mol. The highest BCUT2D eigenvalue weighted by Gasteiger charge is 2.35. The highest BCUT2D eigenvalue weighted by molar-refractivity contribution is 9.10. The quantitative estimate of drug-likeness (QED) is 0.543. The van der Waals surface area contributed by atoms with Crippen LogP contribution in [0.3, 0.4) is 0 Å². The van der Waals surface area contributed by atoms with E-state index in [1.165, 1.54) is 13.0 Å². The Morgan fingerprint density at radius 1 is 1.33 bits per heavy atom. The highest BCUT2D eigenvalue weighted by Crippen LogP contribution is 2.28. The number of nitriles is 1. The number of amides is 1. The molecule has 0 bridgehead atoms. The minimum absolute atomic E-state index is 0.458. The van der Waals surface area contributed by atoms with Gasteiger partial charge in [0.15, 0.2) is 6.10 Å². The number of carbonyl (C=O) groups excluding carboxylic acids is 2. The number of halogens is 1. The Morgan fingerprint density at radius 3 is 2.67 bits per heavy atom. The van der Waals surface area contributed by atoms with Crippen LogP contribution in [0, 0.1) is 11.3 Å². The average molecular weight is 435 g/mol. The predicted octanol–water partition coefficient (Wildman–Crippen LogP) is 3.75. The van der Waals surface area contributed by atoms with E-state index in [9.17, 15) is 14.9 Å². The van der Waals surface area contributed by atoms with E-state index in [-0.39, 0.29) is 0 Å². The second kappa shape index (κ2) is 9.56. The molecule has 1 aliphatic carbocycles. The fourth-order valence-corrected chi connectivity index (χ4v) is 3.40. The number of hydrogen-bond acceptors (Lipinski definition) is 5. The normalized spacial score (nSPS) is 17.0. The van der Waals surface area contributed by atoms with Crippen LogP contribution in [-0.2, 0) is 14.3 Å². The van der Waals surface area contributed by atoms with Crippen LogP contribution in [-0.4, -0.2) is 30.6 Å². The van der Waals surface area contributed by atoms with Crippen molar-refractivity contribution < 1.29 is 19.1 Å². The first kappa shape index (κ1) is 21.0. The number of nitrogens with one attached hydrogen (secondary N) is 1. The molecule has 1 amide bonds. The third-order valence-corrected chi connectivity index (χ3v) is 5.03. The topological polar surface area (TPSA) is 88.4 Å². The number of benzene rings is 1. The molecule has 1 N–H and O–H groups in total. The zero-order valence-corrected chi connectivity index (χ0v) is 17.0. The third-order valence-electron chi connectivity index (χ3n) is 4.54. The number of ether oxygens (including phenoxy) is 2. The molecular formula is C20H23BrN2O4. The molecule has 0 saturated heterocycles. The molecule has 2 rings (SSSR count). The van der Waals surface area contributed by atoms with E-state index in [1.54, 1.807) is 25.3 Å². The third kappa shape index (κ3) is 5.83. The van der Waals surface area contributed by atoms with Gasteiger partial charge in [-0.2, -0.15) is 5.26 Å². The van der Waals surface area contributed by atoms with Gasteiger partial charge in [-0.1, -0.05) is 35.2 Å². The van der Waals surface area contributed by atoms with Gasteiger partial charge in [0.25, 0.3) is 5.91 Å². The maximum Gasteiger partial charge on any atom is 0.331 e. The lowest BCUT2D eigenvalue weighted by Crippen LogP contribution is -2.52. The van der Waals surface area contributed by atoms with Gasteiger partial charge in [-0.05, 0) is 44.0 Å². The van der Waals surface area contributed by atoms with E-state index in [0.29, 0.717) is 24.2 Å². The Labute approximate surface area is 167 Å². The van der Waals surface area contributed by atoms with Gasteiger partial charge in [-0.3, -0.25) is 4.79 Å². The Bertz CT molecular complexity index is 764. The average Bonchev–Trinajstić information content (AvgIpc) is 2.67. The Kier molecular flexibility index (Phi) is 7.43. The number of rotatable bonds is 6. The van der Waals surface area contributed by atoms with Gasteiger partial charge in [0.2, 0.25) is 0 Å². The largest absolute Gasteiger partial charge is 0.496 e. The Morgan fingerprint density at radius 2 is 2.04 bits per heavy atom. The van der Waals surface area contributed by atoms with Gasteiger partial charge in [-0.25, -0.2) is 4.79 Å². The van der Waals surface area contributed by atoms with Crippen molar-refractivity contribution >= 4 is 33.9 Å². The molecule has 7 heteroatoms. The molecule has 1 aromatic carbocycles. The minimum Gasteiger partial charge on any atom is -0.496 e. The first-order chi connectivity index (χ1) is 12.9.